The molecule has 2 aromatic rings. The third-order valence-corrected chi connectivity index (χ3v) is 2.68. The fourth-order valence-corrected chi connectivity index (χ4v) is 1.77. The second-order valence-electron chi connectivity index (χ2n) is 3.98. The van der Waals surface area contributed by atoms with Crippen LogP contribution in [0.3, 0.4) is 0 Å². The van der Waals surface area contributed by atoms with E-state index in [1.807, 2.05) is 26.0 Å². The zero-order valence-electron chi connectivity index (χ0n) is 10.1. The van der Waals surface area contributed by atoms with Crippen LogP contribution in [0.1, 0.15) is 21.5 Å². The predicted octanol–water partition coefficient (Wildman–Crippen LogP) is 3.00. The summed E-state index contributed by atoms with van der Waals surface area (Å²) in [5.74, 6) is -0.0396. The molecule has 18 heavy (non-hydrogen) atoms. The van der Waals surface area contributed by atoms with Gasteiger partial charge in [0.05, 0.1) is 0 Å². The summed E-state index contributed by atoms with van der Waals surface area (Å²) >= 11 is 5.72. The molecule has 1 heterocycles. The van der Waals surface area contributed by atoms with Gasteiger partial charge >= 0.3 is 0 Å². The lowest BCUT2D eigenvalue weighted by Crippen LogP contribution is -2.15. The van der Waals surface area contributed by atoms with Crippen LogP contribution in [-0.4, -0.2) is 15.9 Å². The van der Waals surface area contributed by atoms with Crippen LogP contribution in [0.25, 0.3) is 0 Å². The fourth-order valence-electron chi connectivity index (χ4n) is 1.63. The third-order valence-electron chi connectivity index (χ3n) is 2.47. The number of anilines is 1. The Balaban J connectivity index is 2.22. The molecule has 4 nitrogen and oxygen atoms in total. The highest BCUT2D eigenvalue weighted by Gasteiger charge is 2.10. The van der Waals surface area contributed by atoms with E-state index in [1.54, 1.807) is 12.1 Å². The van der Waals surface area contributed by atoms with Crippen LogP contribution in [0.5, 0.6) is 0 Å². The van der Waals surface area contributed by atoms with E-state index in [-0.39, 0.29) is 11.9 Å². The molecule has 1 amide bonds. The standard InChI is InChI=1S/C13H12ClN3O/c1-8-3-4-10(9(2)7-8)12(18)17-13-15-6-5-11(14)16-13/h3-7H,1-2H3,(H,15,16,17,18). The number of hydrogen-bond acceptors (Lipinski definition) is 3. The fraction of sp³-hybridized carbons (Fsp3) is 0.154. The summed E-state index contributed by atoms with van der Waals surface area (Å²) in [6, 6.07) is 7.17. The second kappa shape index (κ2) is 5.14. The first-order chi connectivity index (χ1) is 8.56. The molecule has 0 aliphatic rings. The van der Waals surface area contributed by atoms with E-state index in [9.17, 15) is 4.79 Å². The van der Waals surface area contributed by atoms with E-state index in [1.165, 1.54) is 6.20 Å². The zero-order chi connectivity index (χ0) is 13.1. The van der Waals surface area contributed by atoms with E-state index in [0.717, 1.165) is 11.1 Å². The number of amides is 1. The Morgan fingerprint density at radius 2 is 2.06 bits per heavy atom. The number of carbonyl (C=O) groups is 1. The van der Waals surface area contributed by atoms with Crippen molar-refractivity contribution in [1.82, 2.24) is 9.97 Å². The van der Waals surface area contributed by atoms with Crippen molar-refractivity contribution in [2.24, 2.45) is 0 Å². The van der Waals surface area contributed by atoms with Crippen LogP contribution >= 0.6 is 11.6 Å². The minimum atomic E-state index is -0.241. The first-order valence-electron chi connectivity index (χ1n) is 5.43. The molecule has 1 aromatic heterocycles. The lowest BCUT2D eigenvalue weighted by Gasteiger charge is -2.07. The number of carbonyl (C=O) groups excluding carboxylic acids is 1. The maximum absolute atomic E-state index is 12.0. The van der Waals surface area contributed by atoms with Gasteiger partial charge in [-0.15, -0.1) is 0 Å². The monoisotopic (exact) mass is 261 g/mol. The van der Waals surface area contributed by atoms with Gasteiger partial charge in [0.25, 0.3) is 5.91 Å². The summed E-state index contributed by atoms with van der Waals surface area (Å²) in [4.78, 5) is 19.9. The molecule has 0 saturated heterocycles. The van der Waals surface area contributed by atoms with E-state index in [2.05, 4.69) is 15.3 Å². The van der Waals surface area contributed by atoms with Crippen molar-refractivity contribution in [2.75, 3.05) is 5.32 Å². The smallest absolute Gasteiger partial charge is 0.258 e. The maximum Gasteiger partial charge on any atom is 0.258 e. The van der Waals surface area contributed by atoms with Crippen LogP contribution in [0, 0.1) is 13.8 Å². The molecule has 0 aliphatic heterocycles. The van der Waals surface area contributed by atoms with Gasteiger partial charge in [-0.05, 0) is 31.5 Å². The SMILES string of the molecule is Cc1ccc(C(=O)Nc2nccc(Cl)n2)c(C)c1. The molecule has 92 valence electrons. The number of nitrogens with one attached hydrogen (secondary N) is 1. The molecular formula is C13H12ClN3O. The summed E-state index contributed by atoms with van der Waals surface area (Å²) in [6.45, 7) is 3.87. The number of aryl methyl sites for hydroxylation is 2. The highest BCUT2D eigenvalue weighted by molar-refractivity contribution is 6.29. The van der Waals surface area contributed by atoms with Crippen LogP contribution in [0.15, 0.2) is 30.5 Å². The van der Waals surface area contributed by atoms with Crippen molar-refractivity contribution < 1.29 is 4.79 Å². The van der Waals surface area contributed by atoms with Crippen molar-refractivity contribution in [3.63, 3.8) is 0 Å². The number of halogens is 1. The molecule has 2 rings (SSSR count). The lowest BCUT2D eigenvalue weighted by molar-refractivity contribution is 0.102. The third kappa shape index (κ3) is 2.84. The minimum absolute atomic E-state index is 0.201. The van der Waals surface area contributed by atoms with Crippen LogP contribution < -0.4 is 5.32 Å². The molecule has 0 fully saturated rings. The summed E-state index contributed by atoms with van der Waals surface area (Å²) in [5, 5.41) is 2.91. The zero-order valence-corrected chi connectivity index (χ0v) is 10.8. The van der Waals surface area contributed by atoms with Gasteiger partial charge in [-0.2, -0.15) is 0 Å². The average molecular weight is 262 g/mol. The van der Waals surface area contributed by atoms with Gasteiger partial charge in [0, 0.05) is 11.8 Å². The molecule has 1 aromatic carbocycles. The Bertz CT molecular complexity index is 599. The average Bonchev–Trinajstić information content (AvgIpc) is 2.28. The molecule has 1 N–H and O–H groups in total. The summed E-state index contributed by atoms with van der Waals surface area (Å²) < 4.78 is 0. The number of aromatic nitrogens is 2. The molecule has 0 bridgehead atoms. The molecule has 5 heteroatoms. The van der Waals surface area contributed by atoms with Crippen LogP contribution in [0.4, 0.5) is 5.95 Å². The van der Waals surface area contributed by atoms with Gasteiger partial charge in [-0.1, -0.05) is 29.3 Å². The highest BCUT2D eigenvalue weighted by atomic mass is 35.5. The Morgan fingerprint density at radius 3 is 2.72 bits per heavy atom. The van der Waals surface area contributed by atoms with Crippen molar-refractivity contribution in [2.45, 2.75) is 13.8 Å². The number of hydrogen-bond donors (Lipinski definition) is 1. The van der Waals surface area contributed by atoms with Crippen molar-refractivity contribution in [3.05, 3.63) is 52.3 Å². The second-order valence-corrected chi connectivity index (χ2v) is 4.36. The van der Waals surface area contributed by atoms with Crippen molar-refractivity contribution >= 4 is 23.5 Å². The number of benzene rings is 1. The minimum Gasteiger partial charge on any atom is -0.290 e. The molecule has 0 saturated carbocycles. The Hall–Kier alpha value is -1.94. The van der Waals surface area contributed by atoms with Gasteiger partial charge in [-0.3, -0.25) is 10.1 Å². The summed E-state index contributed by atoms with van der Waals surface area (Å²) in [6.07, 6.45) is 1.49. The van der Waals surface area contributed by atoms with Crippen LogP contribution in [-0.2, 0) is 0 Å². The van der Waals surface area contributed by atoms with E-state index < -0.39 is 0 Å². The Labute approximate surface area is 110 Å². The topological polar surface area (TPSA) is 54.9 Å². The summed E-state index contributed by atoms with van der Waals surface area (Å²) in [7, 11) is 0. The quantitative estimate of drug-likeness (QED) is 0.846. The molecule has 0 aliphatic carbocycles. The predicted molar refractivity (Wildman–Crippen MR) is 70.9 cm³/mol. The van der Waals surface area contributed by atoms with Gasteiger partial charge < -0.3 is 0 Å². The number of rotatable bonds is 2. The van der Waals surface area contributed by atoms with Crippen molar-refractivity contribution in [1.29, 1.82) is 0 Å². The molecular weight excluding hydrogens is 250 g/mol. The van der Waals surface area contributed by atoms with Gasteiger partial charge in [0.2, 0.25) is 5.95 Å². The van der Waals surface area contributed by atoms with Crippen LogP contribution in [0.2, 0.25) is 5.15 Å². The highest BCUT2D eigenvalue weighted by Crippen LogP contribution is 2.13. The Kier molecular flexibility index (Phi) is 3.58. The van der Waals surface area contributed by atoms with Gasteiger partial charge in [0.15, 0.2) is 0 Å². The maximum atomic E-state index is 12.0. The normalized spacial score (nSPS) is 10.2. The van der Waals surface area contributed by atoms with E-state index in [0.29, 0.717) is 10.7 Å². The molecule has 0 radical (unpaired) electrons. The first-order valence-corrected chi connectivity index (χ1v) is 5.81. The van der Waals surface area contributed by atoms with Crippen molar-refractivity contribution in [3.8, 4) is 0 Å². The lowest BCUT2D eigenvalue weighted by atomic mass is 10.1. The largest absolute Gasteiger partial charge is 0.290 e. The number of nitrogens with zero attached hydrogens (tertiary/aromatic N) is 2. The van der Waals surface area contributed by atoms with Gasteiger partial charge in [-0.25, -0.2) is 9.97 Å². The summed E-state index contributed by atoms with van der Waals surface area (Å²) in [5.41, 5.74) is 2.63. The van der Waals surface area contributed by atoms with E-state index in [4.69, 9.17) is 11.6 Å². The molecule has 0 atom stereocenters. The molecule has 0 unspecified atom stereocenters. The Morgan fingerprint density at radius 1 is 1.28 bits per heavy atom. The van der Waals surface area contributed by atoms with E-state index >= 15 is 0 Å². The van der Waals surface area contributed by atoms with Gasteiger partial charge in [0.1, 0.15) is 5.15 Å². The molecule has 0 spiro atoms. The first kappa shape index (κ1) is 12.5.